The molecule has 0 spiro atoms. The Labute approximate surface area is 255 Å². The van der Waals surface area contributed by atoms with Crippen molar-refractivity contribution >= 4 is 35.1 Å². The third-order valence-corrected chi connectivity index (χ3v) is 7.56. The monoisotopic (exact) mass is 611 g/mol. The van der Waals surface area contributed by atoms with Crippen molar-refractivity contribution in [3.63, 3.8) is 0 Å². The number of benzene rings is 3. The molecule has 0 fully saturated rings. The largest absolute Gasteiger partial charge is 0.465 e. The Morgan fingerprint density at radius 2 is 1.77 bits per heavy atom. The van der Waals surface area contributed by atoms with Gasteiger partial charge in [0, 0.05) is 30.2 Å². The van der Waals surface area contributed by atoms with Gasteiger partial charge >= 0.3 is 5.97 Å². The fourth-order valence-corrected chi connectivity index (χ4v) is 5.36. The molecule has 0 saturated carbocycles. The van der Waals surface area contributed by atoms with Crippen LogP contribution in [0.2, 0.25) is 5.02 Å². The summed E-state index contributed by atoms with van der Waals surface area (Å²) in [5, 5.41) is 10.7. The quantitative estimate of drug-likeness (QED) is 0.274. The Morgan fingerprint density at radius 1 is 1.02 bits per heavy atom. The molecule has 5 aromatic rings. The molecule has 1 N–H and O–H groups in total. The van der Waals surface area contributed by atoms with Gasteiger partial charge in [-0.2, -0.15) is 0 Å². The number of rotatable bonds is 6. The summed E-state index contributed by atoms with van der Waals surface area (Å²) in [5.74, 6) is -2.28. The van der Waals surface area contributed by atoms with Crippen molar-refractivity contribution in [2.75, 3.05) is 19.0 Å². The summed E-state index contributed by atoms with van der Waals surface area (Å²) >= 11 is 5.92. The highest BCUT2D eigenvalue weighted by Gasteiger charge is 2.38. The zero-order chi connectivity index (χ0) is 30.8. The van der Waals surface area contributed by atoms with E-state index in [-0.39, 0.29) is 22.9 Å². The Hall–Kier alpha value is -5.49. The summed E-state index contributed by atoms with van der Waals surface area (Å²) in [6.45, 7) is 0.175. The molecular formula is C31H23ClFN7O4. The van der Waals surface area contributed by atoms with Crippen molar-refractivity contribution in [2.45, 2.75) is 12.5 Å². The number of esters is 1. The van der Waals surface area contributed by atoms with Crippen molar-refractivity contribution in [2.24, 2.45) is 0 Å². The highest BCUT2D eigenvalue weighted by Crippen LogP contribution is 2.37. The zero-order valence-corrected chi connectivity index (χ0v) is 23.9. The normalized spacial score (nSPS) is 14.1. The van der Waals surface area contributed by atoms with Gasteiger partial charge in [-0.15, -0.1) is 5.10 Å². The Balaban J connectivity index is 1.37. The van der Waals surface area contributed by atoms with E-state index in [1.165, 1.54) is 48.8 Å². The summed E-state index contributed by atoms with van der Waals surface area (Å²) in [6, 6.07) is 15.1. The number of aromatic nitrogens is 5. The van der Waals surface area contributed by atoms with Crippen LogP contribution >= 0.6 is 11.6 Å². The summed E-state index contributed by atoms with van der Waals surface area (Å²) < 4.78 is 20.5. The van der Waals surface area contributed by atoms with Crippen LogP contribution in [0.5, 0.6) is 0 Å². The van der Waals surface area contributed by atoms with Crippen molar-refractivity contribution < 1.29 is 23.5 Å². The number of fused-ring (bicyclic) bond motifs is 1. The Kier molecular flexibility index (Phi) is 7.82. The predicted octanol–water partition coefficient (Wildman–Crippen LogP) is 4.68. The minimum atomic E-state index is -1.07. The van der Waals surface area contributed by atoms with E-state index in [9.17, 15) is 18.8 Å². The fourth-order valence-electron chi connectivity index (χ4n) is 5.19. The predicted molar refractivity (Wildman–Crippen MR) is 158 cm³/mol. The van der Waals surface area contributed by atoms with Crippen LogP contribution < -0.4 is 5.32 Å². The smallest absolute Gasteiger partial charge is 0.337 e. The summed E-state index contributed by atoms with van der Waals surface area (Å²) in [5.41, 5.74) is 3.77. The van der Waals surface area contributed by atoms with Crippen LogP contribution in [0.3, 0.4) is 0 Å². The minimum Gasteiger partial charge on any atom is -0.465 e. The Morgan fingerprint density at radius 3 is 2.52 bits per heavy atom. The molecule has 2 aromatic heterocycles. The molecule has 2 amide bonds. The summed E-state index contributed by atoms with van der Waals surface area (Å²) in [4.78, 5) is 49.4. The Bertz CT molecular complexity index is 1880. The molecule has 0 saturated heterocycles. The van der Waals surface area contributed by atoms with E-state index in [4.69, 9.17) is 16.3 Å². The third kappa shape index (κ3) is 5.38. The van der Waals surface area contributed by atoms with Gasteiger partial charge in [-0.1, -0.05) is 41.1 Å². The van der Waals surface area contributed by atoms with E-state index < -0.39 is 29.6 Å². The van der Waals surface area contributed by atoms with Crippen LogP contribution in [0, 0.1) is 5.82 Å². The molecule has 0 aliphatic carbocycles. The highest BCUT2D eigenvalue weighted by molar-refractivity contribution is 6.30. The number of hydrogen-bond donors (Lipinski definition) is 1. The summed E-state index contributed by atoms with van der Waals surface area (Å²) in [7, 11) is 1.28. The molecule has 1 aliphatic rings. The lowest BCUT2D eigenvalue weighted by Crippen LogP contribution is -2.45. The topological polar surface area (TPSA) is 132 Å². The van der Waals surface area contributed by atoms with Gasteiger partial charge in [0.05, 0.1) is 23.9 Å². The van der Waals surface area contributed by atoms with E-state index in [1.807, 2.05) is 6.07 Å². The maximum Gasteiger partial charge on any atom is 0.337 e. The first-order valence-corrected chi connectivity index (χ1v) is 13.8. The number of ether oxygens (including phenoxy) is 1. The minimum absolute atomic E-state index is 0.0208. The summed E-state index contributed by atoms with van der Waals surface area (Å²) in [6.07, 6.45) is 6.53. The van der Waals surface area contributed by atoms with E-state index >= 15 is 0 Å². The van der Waals surface area contributed by atoms with Crippen LogP contribution in [0.4, 0.5) is 10.1 Å². The number of nitrogens with one attached hydrogen (secondary N) is 1. The standard InChI is InChI=1S/C31H23ClFN7O4/c1-44-31(43)18-8-10-20(11-9-18)36-29(41)28-23-5-2-4-21(19-14-34-17-35-15-19)22(23)12-13-39(28)30(42)25-16-40(38-37-25)26-7-3-6-24(32)27(26)33/h2-11,14-17,28H,12-13H2,1H3,(H,36,41)/t28-/m0/s1. The van der Waals surface area contributed by atoms with Gasteiger partial charge in [0.15, 0.2) is 11.5 Å². The number of carbonyl (C=O) groups is 3. The molecule has 220 valence electrons. The molecule has 0 radical (unpaired) electrons. The molecule has 3 heterocycles. The van der Waals surface area contributed by atoms with Crippen LogP contribution in [0.15, 0.2) is 85.6 Å². The highest BCUT2D eigenvalue weighted by atomic mass is 35.5. The number of methoxy groups -OCH3 is 1. The lowest BCUT2D eigenvalue weighted by molar-refractivity contribution is -0.121. The number of hydrogen-bond acceptors (Lipinski definition) is 8. The SMILES string of the molecule is COC(=O)c1ccc(NC(=O)[C@@H]2c3cccc(-c4cncnc4)c3CCN2C(=O)c2cn(-c3cccc(Cl)c3F)nn2)cc1. The average Bonchev–Trinajstić information content (AvgIpc) is 3.55. The van der Waals surface area contributed by atoms with Gasteiger partial charge in [0.25, 0.3) is 11.8 Å². The first-order chi connectivity index (χ1) is 21.4. The number of anilines is 1. The lowest BCUT2D eigenvalue weighted by atomic mass is 9.86. The molecule has 1 aliphatic heterocycles. The van der Waals surface area contributed by atoms with Gasteiger partial charge in [-0.25, -0.2) is 23.8 Å². The van der Waals surface area contributed by atoms with Gasteiger partial charge in [-0.3, -0.25) is 9.59 Å². The maximum absolute atomic E-state index is 14.7. The van der Waals surface area contributed by atoms with Crippen LogP contribution in [-0.4, -0.2) is 61.3 Å². The second-order valence-corrected chi connectivity index (χ2v) is 10.2. The molecule has 0 unspecified atom stereocenters. The molecule has 0 bridgehead atoms. The molecule has 6 rings (SSSR count). The maximum atomic E-state index is 14.7. The van der Waals surface area contributed by atoms with Crippen LogP contribution in [0.25, 0.3) is 16.8 Å². The molecule has 44 heavy (non-hydrogen) atoms. The van der Waals surface area contributed by atoms with Gasteiger partial charge in [-0.05, 0) is 59.5 Å². The van der Waals surface area contributed by atoms with Gasteiger partial charge < -0.3 is 15.0 Å². The fraction of sp³-hybridized carbons (Fsp3) is 0.129. The molecular weight excluding hydrogens is 589 g/mol. The zero-order valence-electron chi connectivity index (χ0n) is 23.1. The van der Waals surface area contributed by atoms with Crippen molar-refractivity contribution in [1.29, 1.82) is 0 Å². The van der Waals surface area contributed by atoms with Crippen LogP contribution in [0.1, 0.15) is 38.0 Å². The average molecular weight is 612 g/mol. The van der Waals surface area contributed by atoms with E-state index in [0.717, 1.165) is 21.4 Å². The van der Waals surface area contributed by atoms with E-state index in [1.54, 1.807) is 42.7 Å². The van der Waals surface area contributed by atoms with E-state index in [2.05, 4.69) is 25.6 Å². The van der Waals surface area contributed by atoms with Crippen molar-refractivity contribution in [3.05, 3.63) is 119 Å². The molecule has 3 aromatic carbocycles. The van der Waals surface area contributed by atoms with Crippen LogP contribution in [-0.2, 0) is 16.0 Å². The van der Waals surface area contributed by atoms with E-state index in [0.29, 0.717) is 23.2 Å². The van der Waals surface area contributed by atoms with Crippen molar-refractivity contribution in [3.8, 4) is 16.8 Å². The number of carbonyl (C=O) groups excluding carboxylic acids is 3. The van der Waals surface area contributed by atoms with Crippen molar-refractivity contribution in [1.82, 2.24) is 29.9 Å². The number of nitrogens with zero attached hydrogens (tertiary/aromatic N) is 6. The first-order valence-electron chi connectivity index (χ1n) is 13.4. The second kappa shape index (κ2) is 12.0. The first kappa shape index (κ1) is 28.6. The molecule has 13 heteroatoms. The number of halogens is 2. The lowest BCUT2D eigenvalue weighted by Gasteiger charge is -2.36. The second-order valence-electron chi connectivity index (χ2n) is 9.83. The third-order valence-electron chi connectivity index (χ3n) is 7.27. The van der Waals surface area contributed by atoms with Gasteiger partial charge in [0.1, 0.15) is 18.1 Å². The molecule has 11 nitrogen and oxygen atoms in total. The molecule has 1 atom stereocenters. The van der Waals surface area contributed by atoms with Gasteiger partial charge in [0.2, 0.25) is 0 Å². The number of amides is 2.